The van der Waals surface area contributed by atoms with E-state index < -0.39 is 11.1 Å². The maximum absolute atomic E-state index is 12.8. The predicted molar refractivity (Wildman–Crippen MR) is 126 cm³/mol. The van der Waals surface area contributed by atoms with Crippen LogP contribution in [0.1, 0.15) is 81.1 Å². The summed E-state index contributed by atoms with van der Waals surface area (Å²) in [6.45, 7) is 16.2. The molecule has 0 bridgehead atoms. The zero-order valence-corrected chi connectivity index (χ0v) is 21.4. The fourth-order valence-electron chi connectivity index (χ4n) is 5.57. The lowest BCUT2D eigenvalue weighted by Crippen LogP contribution is -2.59. The number of nitrogens with zero attached hydrogens (tertiary/aromatic N) is 4. The molecule has 2 atom stereocenters. The van der Waals surface area contributed by atoms with Crippen LogP contribution in [0.4, 0.5) is 4.79 Å². The fraction of sp³-hybridized carbons (Fsp3) is 0.913. The Morgan fingerprint density at radius 3 is 2.24 bits per heavy atom. The van der Waals surface area contributed by atoms with Crippen molar-refractivity contribution in [1.29, 1.82) is 0 Å². The van der Waals surface area contributed by atoms with Gasteiger partial charge in [0.05, 0.1) is 11.2 Å². The lowest BCUT2D eigenvalue weighted by Gasteiger charge is -2.48. The minimum absolute atomic E-state index is 0.0749. The Kier molecular flexibility index (Phi) is 6.63. The number of amides is 1. The molecule has 3 aliphatic rings. The molecule has 0 aromatic carbocycles. The number of carbonyl (C=O) groups is 2. The standard InChI is InChI=1S/C23H39BN4O5/c1-16(29)23(26-27-25)13-22(14-28(15-22)18(30)31-19(2,3)4)12-17(23)10-9-11-24-32-20(5,6)21(7,8)33-24/h17H,9-15H2,1-8H3. The van der Waals surface area contributed by atoms with E-state index in [-0.39, 0.29) is 41.5 Å². The highest BCUT2D eigenvalue weighted by Crippen LogP contribution is 2.56. The van der Waals surface area contributed by atoms with E-state index in [0.717, 1.165) is 19.3 Å². The minimum Gasteiger partial charge on any atom is -0.444 e. The molecule has 2 saturated heterocycles. The van der Waals surface area contributed by atoms with Crippen molar-refractivity contribution < 1.29 is 23.6 Å². The van der Waals surface area contributed by atoms with Crippen LogP contribution in [0, 0.1) is 11.3 Å². The van der Waals surface area contributed by atoms with Crippen molar-refractivity contribution >= 4 is 19.0 Å². The van der Waals surface area contributed by atoms with Crippen LogP contribution in [-0.2, 0) is 18.8 Å². The van der Waals surface area contributed by atoms with Crippen LogP contribution in [0.25, 0.3) is 10.4 Å². The molecule has 184 valence electrons. The van der Waals surface area contributed by atoms with E-state index in [9.17, 15) is 15.1 Å². The quantitative estimate of drug-likeness (QED) is 0.235. The number of ketones is 1. The van der Waals surface area contributed by atoms with Gasteiger partial charge in [-0.25, -0.2) is 4.79 Å². The Hall–Kier alpha value is -1.77. The van der Waals surface area contributed by atoms with E-state index in [1.807, 2.05) is 48.5 Å². The normalized spacial score (nSPS) is 29.5. The molecule has 9 nitrogen and oxygen atoms in total. The van der Waals surface area contributed by atoms with Gasteiger partial charge in [-0.15, -0.1) is 0 Å². The van der Waals surface area contributed by atoms with Crippen molar-refractivity contribution in [1.82, 2.24) is 4.90 Å². The Labute approximate surface area is 197 Å². The molecule has 2 unspecified atom stereocenters. The molecule has 0 radical (unpaired) electrons. The maximum Gasteiger partial charge on any atom is 0.457 e. The van der Waals surface area contributed by atoms with Crippen molar-refractivity contribution in [2.45, 2.75) is 110 Å². The molecule has 1 spiro atoms. The molecule has 0 aromatic heterocycles. The number of rotatable bonds is 6. The third-order valence-electron chi connectivity index (χ3n) is 7.83. The van der Waals surface area contributed by atoms with Gasteiger partial charge in [-0.3, -0.25) is 4.79 Å². The van der Waals surface area contributed by atoms with E-state index in [4.69, 9.17) is 14.0 Å². The van der Waals surface area contributed by atoms with Crippen LogP contribution in [0.5, 0.6) is 0 Å². The van der Waals surface area contributed by atoms with Gasteiger partial charge in [0.2, 0.25) is 0 Å². The summed E-state index contributed by atoms with van der Waals surface area (Å²) in [6, 6.07) is 0. The van der Waals surface area contributed by atoms with E-state index in [0.29, 0.717) is 25.8 Å². The number of azide groups is 1. The highest BCUT2D eigenvalue weighted by Gasteiger charge is 2.61. The first-order valence-corrected chi connectivity index (χ1v) is 12.0. The molecule has 1 aliphatic carbocycles. The van der Waals surface area contributed by atoms with E-state index in [1.54, 1.807) is 4.90 Å². The van der Waals surface area contributed by atoms with Gasteiger partial charge in [0.15, 0.2) is 0 Å². The Bertz CT molecular complexity index is 822. The first-order valence-electron chi connectivity index (χ1n) is 12.0. The van der Waals surface area contributed by atoms with Crippen molar-refractivity contribution in [3.8, 4) is 0 Å². The summed E-state index contributed by atoms with van der Waals surface area (Å²) in [5.74, 6) is -0.178. The minimum atomic E-state index is -1.06. The van der Waals surface area contributed by atoms with Crippen LogP contribution in [0.15, 0.2) is 5.11 Å². The summed E-state index contributed by atoms with van der Waals surface area (Å²) < 4.78 is 17.7. The van der Waals surface area contributed by atoms with Crippen LogP contribution in [0.2, 0.25) is 6.32 Å². The van der Waals surface area contributed by atoms with Crippen molar-refractivity contribution in [2.75, 3.05) is 13.1 Å². The Morgan fingerprint density at radius 1 is 1.18 bits per heavy atom. The molecule has 0 aromatic rings. The van der Waals surface area contributed by atoms with Crippen molar-refractivity contribution in [2.24, 2.45) is 16.4 Å². The summed E-state index contributed by atoms with van der Waals surface area (Å²) in [5, 5.41) is 4.07. The predicted octanol–water partition coefficient (Wildman–Crippen LogP) is 5.14. The largest absolute Gasteiger partial charge is 0.457 e. The van der Waals surface area contributed by atoms with Crippen LogP contribution < -0.4 is 0 Å². The summed E-state index contributed by atoms with van der Waals surface area (Å²) in [7, 11) is -0.289. The molecule has 33 heavy (non-hydrogen) atoms. The highest BCUT2D eigenvalue weighted by atomic mass is 16.7. The Balaban J connectivity index is 1.66. The summed E-state index contributed by atoms with van der Waals surface area (Å²) >= 11 is 0. The average Bonchev–Trinajstić information content (AvgIpc) is 3.04. The zero-order chi connectivity index (χ0) is 24.9. The van der Waals surface area contributed by atoms with Gasteiger partial charge in [0, 0.05) is 23.4 Å². The number of ether oxygens (including phenoxy) is 1. The van der Waals surface area contributed by atoms with Gasteiger partial charge in [0.1, 0.15) is 16.9 Å². The van der Waals surface area contributed by atoms with Gasteiger partial charge < -0.3 is 18.9 Å². The maximum atomic E-state index is 12.8. The number of likely N-dealkylation sites (tertiary alicyclic amines) is 1. The van der Waals surface area contributed by atoms with Gasteiger partial charge in [-0.1, -0.05) is 11.5 Å². The van der Waals surface area contributed by atoms with Crippen LogP contribution in [0.3, 0.4) is 0 Å². The van der Waals surface area contributed by atoms with Crippen LogP contribution in [-0.4, -0.2) is 59.3 Å². The van der Waals surface area contributed by atoms with Crippen molar-refractivity contribution in [3.05, 3.63) is 10.4 Å². The molecule has 3 fully saturated rings. The smallest absolute Gasteiger partial charge is 0.444 e. The van der Waals surface area contributed by atoms with E-state index in [1.165, 1.54) is 6.92 Å². The van der Waals surface area contributed by atoms with E-state index >= 15 is 0 Å². The monoisotopic (exact) mass is 462 g/mol. The fourth-order valence-corrected chi connectivity index (χ4v) is 5.57. The summed E-state index contributed by atoms with van der Waals surface area (Å²) in [6.07, 6.45) is 3.12. The van der Waals surface area contributed by atoms with E-state index in [2.05, 4.69) is 10.0 Å². The van der Waals surface area contributed by atoms with Gasteiger partial charge >= 0.3 is 13.2 Å². The number of hydrogen-bond acceptors (Lipinski definition) is 6. The third-order valence-corrected chi connectivity index (χ3v) is 7.83. The highest BCUT2D eigenvalue weighted by molar-refractivity contribution is 6.45. The third kappa shape index (κ3) is 5.03. The lowest BCUT2D eigenvalue weighted by molar-refractivity contribution is -0.123. The SMILES string of the molecule is CC(=O)C1(N=[N+]=[N-])CC2(CC1CCCB1OC(C)(C)C(C)(C)O1)CN(C(=O)OC(C)(C)C)C2. The Morgan fingerprint density at radius 2 is 1.76 bits per heavy atom. The number of carbonyl (C=O) groups excluding carboxylic acids is 2. The molecular formula is C23H39BN4O5. The molecule has 1 amide bonds. The molecule has 3 rings (SSSR count). The number of Topliss-reactive ketones (excluding diaryl/α,β-unsaturated/α-hetero) is 1. The first kappa shape index (κ1) is 25.9. The summed E-state index contributed by atoms with van der Waals surface area (Å²) in [5.41, 5.74) is 6.70. The molecule has 10 heteroatoms. The molecule has 1 saturated carbocycles. The first-order chi connectivity index (χ1) is 15.0. The number of hydrogen-bond donors (Lipinski definition) is 0. The molecule has 2 heterocycles. The topological polar surface area (TPSA) is 114 Å². The second kappa shape index (κ2) is 8.47. The van der Waals surface area contributed by atoms with Gasteiger partial charge in [0.25, 0.3) is 0 Å². The van der Waals surface area contributed by atoms with Crippen LogP contribution >= 0.6 is 0 Å². The summed E-state index contributed by atoms with van der Waals surface area (Å²) in [4.78, 5) is 29.9. The molecule has 2 aliphatic heterocycles. The van der Waals surface area contributed by atoms with Crippen molar-refractivity contribution in [3.63, 3.8) is 0 Å². The zero-order valence-electron chi connectivity index (χ0n) is 21.4. The molecule has 0 N–H and O–H groups in total. The average molecular weight is 462 g/mol. The second-order valence-corrected chi connectivity index (χ2v) is 12.2. The molecular weight excluding hydrogens is 423 g/mol. The van der Waals surface area contributed by atoms with Gasteiger partial charge in [-0.05, 0) is 92.4 Å². The lowest BCUT2D eigenvalue weighted by atomic mass is 9.76. The van der Waals surface area contributed by atoms with Gasteiger partial charge in [-0.2, -0.15) is 0 Å². The second-order valence-electron chi connectivity index (χ2n) is 12.2.